The SMILES string of the molecule is COc1ccc2c(c1)c(C(=O)N1CCCCNC(=O)C3(CCCc4ccccc43)NC(=O)CN(CCC(C)C)C(=O)C1)c(C)n2C. The summed E-state index contributed by atoms with van der Waals surface area (Å²) in [5.41, 5.74) is 2.89. The Balaban J connectivity index is 1.47. The van der Waals surface area contributed by atoms with Crippen molar-refractivity contribution in [3.63, 3.8) is 0 Å². The highest BCUT2D eigenvalue weighted by Crippen LogP contribution is 2.36. The number of benzene rings is 2. The topological polar surface area (TPSA) is 113 Å². The minimum absolute atomic E-state index is 0.148. The third kappa shape index (κ3) is 6.62. The molecule has 1 aliphatic carbocycles. The van der Waals surface area contributed by atoms with E-state index in [1.54, 1.807) is 16.9 Å². The standard InChI is InChI=1S/C36H47N5O5/c1-24(2)16-20-40-22-31(42)38-36(17-10-12-26-11-6-7-13-29(26)36)35(45)37-18-8-9-19-41(23-32(40)43)34(44)33-25(3)39(4)30-15-14-27(46-5)21-28(30)33/h6-7,11,13-15,21,24H,8-10,12,16-20,22-23H2,1-5H3,(H,37,45)(H,38,42). The maximum atomic E-state index is 14.3. The molecule has 5 rings (SSSR count). The summed E-state index contributed by atoms with van der Waals surface area (Å²) in [6.07, 6.45) is 3.98. The van der Waals surface area contributed by atoms with E-state index in [-0.39, 0.29) is 30.8 Å². The molecule has 3 aromatic rings. The summed E-state index contributed by atoms with van der Waals surface area (Å²) < 4.78 is 7.43. The van der Waals surface area contributed by atoms with Crippen LogP contribution < -0.4 is 15.4 Å². The van der Waals surface area contributed by atoms with E-state index in [1.807, 2.05) is 61.0 Å². The second-order valence-corrected chi connectivity index (χ2v) is 13.1. The van der Waals surface area contributed by atoms with Crippen LogP contribution in [-0.2, 0) is 33.4 Å². The lowest BCUT2D eigenvalue weighted by Gasteiger charge is -2.39. The van der Waals surface area contributed by atoms with E-state index >= 15 is 0 Å². The Morgan fingerprint density at radius 1 is 1.04 bits per heavy atom. The van der Waals surface area contributed by atoms with Gasteiger partial charge in [-0.3, -0.25) is 19.2 Å². The van der Waals surface area contributed by atoms with Crippen molar-refractivity contribution in [3.8, 4) is 5.75 Å². The summed E-state index contributed by atoms with van der Waals surface area (Å²) in [5, 5.41) is 6.94. The van der Waals surface area contributed by atoms with Gasteiger partial charge < -0.3 is 29.7 Å². The summed E-state index contributed by atoms with van der Waals surface area (Å²) in [7, 11) is 3.51. The van der Waals surface area contributed by atoms with Gasteiger partial charge in [0.15, 0.2) is 0 Å². The van der Waals surface area contributed by atoms with E-state index in [1.165, 1.54) is 0 Å². The number of nitrogens with one attached hydrogen (secondary N) is 2. The van der Waals surface area contributed by atoms with E-state index < -0.39 is 11.4 Å². The van der Waals surface area contributed by atoms with Crippen LogP contribution in [0.1, 0.15) is 73.1 Å². The molecule has 0 saturated carbocycles. The molecule has 1 saturated heterocycles. The van der Waals surface area contributed by atoms with Gasteiger partial charge >= 0.3 is 0 Å². The Hall–Kier alpha value is -4.34. The van der Waals surface area contributed by atoms with Crippen LogP contribution in [0.4, 0.5) is 0 Å². The third-order valence-electron chi connectivity index (χ3n) is 9.55. The maximum Gasteiger partial charge on any atom is 0.256 e. The molecule has 1 aliphatic heterocycles. The Bertz CT molecular complexity index is 1630. The number of hydrogen-bond donors (Lipinski definition) is 2. The monoisotopic (exact) mass is 629 g/mol. The Labute approximate surface area is 271 Å². The number of carbonyl (C=O) groups is 4. The average molecular weight is 630 g/mol. The number of aryl methyl sites for hydroxylation is 2. The lowest BCUT2D eigenvalue weighted by atomic mass is 9.75. The van der Waals surface area contributed by atoms with Gasteiger partial charge in [-0.25, -0.2) is 0 Å². The quantitative estimate of drug-likeness (QED) is 0.442. The Morgan fingerprint density at radius 2 is 1.83 bits per heavy atom. The number of methoxy groups -OCH3 is 1. The first-order valence-electron chi connectivity index (χ1n) is 16.4. The summed E-state index contributed by atoms with van der Waals surface area (Å²) in [6.45, 7) is 6.78. The molecule has 246 valence electrons. The fraction of sp³-hybridized carbons (Fsp3) is 0.500. The second kappa shape index (κ2) is 14.0. The van der Waals surface area contributed by atoms with Gasteiger partial charge in [0.05, 0.1) is 19.2 Å². The predicted molar refractivity (Wildman–Crippen MR) is 178 cm³/mol. The van der Waals surface area contributed by atoms with Crippen LogP contribution in [0.15, 0.2) is 42.5 Å². The fourth-order valence-electron chi connectivity index (χ4n) is 6.81. The number of rotatable bonds is 5. The first kappa shape index (κ1) is 33.0. The molecule has 46 heavy (non-hydrogen) atoms. The van der Waals surface area contributed by atoms with Gasteiger partial charge in [-0.1, -0.05) is 38.1 Å². The van der Waals surface area contributed by atoms with Gasteiger partial charge in [0.2, 0.25) is 17.7 Å². The minimum Gasteiger partial charge on any atom is -0.497 e. The van der Waals surface area contributed by atoms with Crippen molar-refractivity contribution < 1.29 is 23.9 Å². The Morgan fingerprint density at radius 3 is 2.59 bits per heavy atom. The summed E-state index contributed by atoms with van der Waals surface area (Å²) in [5.74, 6) is -0.220. The van der Waals surface area contributed by atoms with Crippen LogP contribution in [0.5, 0.6) is 5.75 Å². The number of fused-ring (bicyclic) bond motifs is 3. The van der Waals surface area contributed by atoms with Gasteiger partial charge in [-0.05, 0) is 80.7 Å². The number of nitrogens with zero attached hydrogens (tertiary/aromatic N) is 3. The molecule has 2 aromatic carbocycles. The zero-order chi connectivity index (χ0) is 33.0. The van der Waals surface area contributed by atoms with Crippen molar-refractivity contribution in [3.05, 3.63) is 64.8 Å². The van der Waals surface area contributed by atoms with E-state index in [9.17, 15) is 19.2 Å². The van der Waals surface area contributed by atoms with Crippen molar-refractivity contribution in [2.45, 2.75) is 64.8 Å². The van der Waals surface area contributed by atoms with Crippen molar-refractivity contribution in [1.82, 2.24) is 25.0 Å². The van der Waals surface area contributed by atoms with Gasteiger partial charge in [0, 0.05) is 43.3 Å². The largest absolute Gasteiger partial charge is 0.497 e. The zero-order valence-electron chi connectivity index (χ0n) is 27.8. The zero-order valence-corrected chi connectivity index (χ0v) is 27.8. The van der Waals surface area contributed by atoms with Crippen LogP contribution in [0.25, 0.3) is 10.9 Å². The van der Waals surface area contributed by atoms with Crippen LogP contribution in [0.3, 0.4) is 0 Å². The first-order valence-corrected chi connectivity index (χ1v) is 16.4. The number of carbonyl (C=O) groups excluding carboxylic acids is 4. The first-order chi connectivity index (χ1) is 22.1. The molecule has 2 N–H and O–H groups in total. The van der Waals surface area contributed by atoms with Crippen LogP contribution in [0.2, 0.25) is 0 Å². The molecule has 1 unspecified atom stereocenters. The van der Waals surface area contributed by atoms with Gasteiger partial charge in [-0.2, -0.15) is 0 Å². The van der Waals surface area contributed by atoms with Crippen LogP contribution in [-0.4, -0.2) is 77.8 Å². The number of ether oxygens (including phenoxy) is 1. The second-order valence-electron chi connectivity index (χ2n) is 13.1. The number of aromatic nitrogens is 1. The predicted octanol–water partition coefficient (Wildman–Crippen LogP) is 4.07. The van der Waals surface area contributed by atoms with Gasteiger partial charge in [-0.15, -0.1) is 0 Å². The van der Waals surface area contributed by atoms with Crippen LogP contribution in [0, 0.1) is 12.8 Å². The number of amides is 4. The van der Waals surface area contributed by atoms with E-state index in [0.29, 0.717) is 62.5 Å². The molecule has 1 fully saturated rings. The van der Waals surface area contributed by atoms with Crippen molar-refractivity contribution in [2.24, 2.45) is 13.0 Å². The summed E-state index contributed by atoms with van der Waals surface area (Å²) >= 11 is 0. The minimum atomic E-state index is -1.20. The fourth-order valence-corrected chi connectivity index (χ4v) is 6.81. The van der Waals surface area contributed by atoms with E-state index in [0.717, 1.165) is 40.6 Å². The normalized spacial score (nSPS) is 20.0. The molecule has 0 radical (unpaired) electrons. The van der Waals surface area contributed by atoms with Gasteiger partial charge in [0.25, 0.3) is 5.91 Å². The van der Waals surface area contributed by atoms with Crippen molar-refractivity contribution in [1.29, 1.82) is 0 Å². The Kier molecular flexibility index (Phi) is 10.0. The molecule has 4 amide bonds. The molecule has 2 aliphatic rings. The molecular weight excluding hydrogens is 582 g/mol. The third-order valence-corrected chi connectivity index (χ3v) is 9.55. The molecule has 0 bridgehead atoms. The molecule has 1 aromatic heterocycles. The molecule has 1 atom stereocenters. The van der Waals surface area contributed by atoms with Crippen molar-refractivity contribution in [2.75, 3.05) is 39.8 Å². The summed E-state index contributed by atoms with van der Waals surface area (Å²) in [6, 6.07) is 13.4. The average Bonchev–Trinajstić information content (AvgIpc) is 3.29. The van der Waals surface area contributed by atoms with Crippen molar-refractivity contribution >= 4 is 34.5 Å². The molecule has 1 spiro atoms. The van der Waals surface area contributed by atoms with E-state index in [4.69, 9.17) is 4.74 Å². The maximum absolute atomic E-state index is 14.3. The lowest BCUT2D eigenvalue weighted by molar-refractivity contribution is -0.139. The highest BCUT2D eigenvalue weighted by molar-refractivity contribution is 6.09. The molecule has 10 nitrogen and oxygen atoms in total. The highest BCUT2D eigenvalue weighted by atomic mass is 16.5. The van der Waals surface area contributed by atoms with E-state index in [2.05, 4.69) is 24.5 Å². The number of hydrogen-bond acceptors (Lipinski definition) is 5. The van der Waals surface area contributed by atoms with Gasteiger partial charge in [0.1, 0.15) is 17.8 Å². The summed E-state index contributed by atoms with van der Waals surface area (Å²) in [4.78, 5) is 59.2. The lowest BCUT2D eigenvalue weighted by Crippen LogP contribution is -2.60. The molecular formula is C36H47N5O5. The molecule has 10 heteroatoms. The highest BCUT2D eigenvalue weighted by Gasteiger charge is 2.45. The molecule has 2 heterocycles. The smallest absolute Gasteiger partial charge is 0.256 e. The van der Waals surface area contributed by atoms with Crippen LogP contribution >= 0.6 is 0 Å².